The number of nitrogens with zero attached hydrogens (tertiary/aromatic N) is 4. The van der Waals surface area contributed by atoms with E-state index in [9.17, 15) is 16.8 Å². The summed E-state index contributed by atoms with van der Waals surface area (Å²) in [4.78, 5) is 1.56. The van der Waals surface area contributed by atoms with Gasteiger partial charge in [-0.05, 0) is 53.9 Å². The first kappa shape index (κ1) is 27.6. The third kappa shape index (κ3) is 6.12. The second-order valence-electron chi connectivity index (χ2n) is 9.30. The second-order valence-corrected chi connectivity index (χ2v) is 13.6. The molecular formula is C26H25Cl2N5O4S2. The summed E-state index contributed by atoms with van der Waals surface area (Å²) in [6.45, 7) is 0.522. The molecule has 39 heavy (non-hydrogen) atoms. The van der Waals surface area contributed by atoms with Gasteiger partial charge in [0.1, 0.15) is 0 Å². The van der Waals surface area contributed by atoms with E-state index in [2.05, 4.69) is 4.40 Å². The number of nitrogens with two attached hydrogens (primary N) is 1. The van der Waals surface area contributed by atoms with Gasteiger partial charge in [-0.1, -0.05) is 65.7 Å². The van der Waals surface area contributed by atoms with Crippen LogP contribution in [-0.2, 0) is 20.0 Å². The number of likely N-dealkylation sites (tertiary alicyclic amines) is 1. The lowest BCUT2D eigenvalue weighted by molar-refractivity contribution is 0.376. The molecule has 2 aliphatic heterocycles. The highest BCUT2D eigenvalue weighted by molar-refractivity contribution is 7.90. The minimum Gasteiger partial charge on any atom is -0.339 e. The lowest BCUT2D eigenvalue weighted by atomic mass is 9.91. The predicted octanol–water partition coefficient (Wildman–Crippen LogP) is 3.90. The normalized spacial score (nSPS) is 20.4. The van der Waals surface area contributed by atoms with Crippen LogP contribution in [0.5, 0.6) is 0 Å². The van der Waals surface area contributed by atoms with Gasteiger partial charge in [-0.3, -0.25) is 0 Å². The summed E-state index contributed by atoms with van der Waals surface area (Å²) in [6, 6.07) is 22.6. The summed E-state index contributed by atoms with van der Waals surface area (Å²) >= 11 is 12.1. The van der Waals surface area contributed by atoms with Gasteiger partial charge in [-0.15, -0.1) is 4.40 Å². The minimum absolute atomic E-state index is 0.00783. The molecule has 2 heterocycles. The predicted molar refractivity (Wildman–Crippen MR) is 153 cm³/mol. The summed E-state index contributed by atoms with van der Waals surface area (Å²) in [7, 11) is -8.03. The average Bonchev–Trinajstić information content (AvgIpc) is 3.57. The molecule has 1 saturated heterocycles. The molecule has 0 unspecified atom stereocenters. The lowest BCUT2D eigenvalue weighted by Gasteiger charge is -2.26. The molecule has 9 nitrogen and oxygen atoms in total. The van der Waals surface area contributed by atoms with Crippen molar-refractivity contribution in [3.05, 3.63) is 100 Å². The zero-order valence-corrected chi connectivity index (χ0v) is 23.7. The number of hydrazone groups is 1. The lowest BCUT2D eigenvalue weighted by Crippen LogP contribution is -2.42. The Morgan fingerprint density at radius 2 is 1.49 bits per heavy atom. The molecule has 0 bridgehead atoms. The minimum atomic E-state index is -4.20. The molecule has 0 radical (unpaired) electrons. The average molecular weight is 607 g/mol. The van der Waals surface area contributed by atoms with Gasteiger partial charge in [0.05, 0.1) is 22.4 Å². The Kier molecular flexibility index (Phi) is 7.71. The zero-order chi connectivity index (χ0) is 27.8. The summed E-state index contributed by atoms with van der Waals surface area (Å²) < 4.78 is 55.2. The standard InChI is InChI=1S/C26H25Cl2N5O4S2/c27-20-8-6-19(7-9-20)25-24(18-4-2-1-3-5-18)17-33(30-25)26(32-15-14-23(16-32)38(29,34)35)31-39(36,37)22-12-10-21(28)11-13-22/h1-13,23-24H,14-17H2,(H2,29,34,35)/t23-,24-/m1/s1. The molecule has 2 aliphatic rings. The fourth-order valence-corrected chi connectivity index (χ4v) is 6.75. The topological polar surface area (TPSA) is 126 Å². The van der Waals surface area contributed by atoms with Crippen LogP contribution in [0.4, 0.5) is 0 Å². The molecule has 3 aromatic rings. The van der Waals surface area contributed by atoms with Crippen LogP contribution < -0.4 is 5.14 Å². The smallest absolute Gasteiger partial charge is 0.285 e. The van der Waals surface area contributed by atoms with Gasteiger partial charge in [-0.2, -0.15) is 13.5 Å². The molecule has 0 aromatic heterocycles. The van der Waals surface area contributed by atoms with E-state index in [-0.39, 0.29) is 42.8 Å². The Balaban J connectivity index is 1.60. The Bertz CT molecular complexity index is 1630. The summed E-state index contributed by atoms with van der Waals surface area (Å²) in [5.74, 6) is -0.187. The van der Waals surface area contributed by atoms with Gasteiger partial charge in [0.25, 0.3) is 10.0 Å². The maximum Gasteiger partial charge on any atom is 0.285 e. The monoisotopic (exact) mass is 605 g/mol. The van der Waals surface area contributed by atoms with Crippen LogP contribution in [-0.4, -0.2) is 63.3 Å². The molecule has 204 valence electrons. The molecule has 0 spiro atoms. The van der Waals surface area contributed by atoms with Crippen LogP contribution in [0, 0.1) is 0 Å². The van der Waals surface area contributed by atoms with Crippen molar-refractivity contribution >= 4 is 54.9 Å². The number of benzene rings is 3. The fourth-order valence-electron chi connectivity index (χ4n) is 4.67. The maximum absolute atomic E-state index is 13.4. The number of hydrogen-bond donors (Lipinski definition) is 1. The fraction of sp³-hybridized carbons (Fsp3) is 0.231. The van der Waals surface area contributed by atoms with Crippen molar-refractivity contribution in [2.24, 2.45) is 14.6 Å². The zero-order valence-electron chi connectivity index (χ0n) is 20.6. The summed E-state index contributed by atoms with van der Waals surface area (Å²) in [5.41, 5.74) is 2.51. The summed E-state index contributed by atoms with van der Waals surface area (Å²) in [6.07, 6.45) is 0.239. The third-order valence-corrected chi connectivity index (χ3v) is 9.78. The number of halogens is 2. The van der Waals surface area contributed by atoms with E-state index in [4.69, 9.17) is 33.4 Å². The SMILES string of the molecule is NS(=O)(=O)[C@@H]1CCN(C(=NS(=O)(=O)c2ccc(Cl)cc2)N2C[C@H](c3ccccc3)C(c3ccc(Cl)cc3)=N2)C1. The van der Waals surface area contributed by atoms with E-state index in [1.54, 1.807) is 17.0 Å². The van der Waals surface area contributed by atoms with E-state index < -0.39 is 25.3 Å². The Morgan fingerprint density at radius 1 is 0.872 bits per heavy atom. The molecule has 2 atom stereocenters. The van der Waals surface area contributed by atoms with Crippen molar-refractivity contribution in [2.75, 3.05) is 19.6 Å². The van der Waals surface area contributed by atoms with Crippen LogP contribution in [0.1, 0.15) is 23.5 Å². The maximum atomic E-state index is 13.4. The number of rotatable bonds is 5. The van der Waals surface area contributed by atoms with Gasteiger partial charge in [0, 0.05) is 29.1 Å². The second kappa shape index (κ2) is 10.9. The first-order valence-corrected chi connectivity index (χ1v) is 15.9. The Labute approximate surface area is 237 Å². The highest BCUT2D eigenvalue weighted by Crippen LogP contribution is 2.31. The largest absolute Gasteiger partial charge is 0.339 e. The van der Waals surface area contributed by atoms with Crippen LogP contribution in [0.2, 0.25) is 10.0 Å². The molecule has 0 amide bonds. The van der Waals surface area contributed by atoms with Gasteiger partial charge in [0.2, 0.25) is 16.0 Å². The molecule has 3 aromatic carbocycles. The molecule has 5 rings (SSSR count). The first-order chi connectivity index (χ1) is 18.5. The van der Waals surface area contributed by atoms with E-state index in [1.165, 1.54) is 29.3 Å². The third-order valence-electron chi connectivity index (χ3n) is 6.69. The van der Waals surface area contributed by atoms with Crippen molar-refractivity contribution in [1.82, 2.24) is 9.91 Å². The number of guanidine groups is 1. The molecule has 0 aliphatic carbocycles. The van der Waals surface area contributed by atoms with Gasteiger partial charge >= 0.3 is 0 Å². The van der Waals surface area contributed by atoms with Crippen LogP contribution in [0.3, 0.4) is 0 Å². The highest BCUT2D eigenvalue weighted by atomic mass is 35.5. The molecule has 2 N–H and O–H groups in total. The van der Waals surface area contributed by atoms with Gasteiger partial charge in [-0.25, -0.2) is 18.6 Å². The van der Waals surface area contributed by atoms with Gasteiger partial charge < -0.3 is 4.90 Å². The van der Waals surface area contributed by atoms with E-state index in [0.717, 1.165) is 11.1 Å². The van der Waals surface area contributed by atoms with E-state index in [0.29, 0.717) is 15.8 Å². The first-order valence-electron chi connectivity index (χ1n) is 12.1. The van der Waals surface area contributed by atoms with Crippen molar-refractivity contribution in [1.29, 1.82) is 0 Å². The number of hydrogen-bond acceptors (Lipinski definition) is 5. The number of sulfonamides is 2. The van der Waals surface area contributed by atoms with E-state index in [1.807, 2.05) is 42.5 Å². The van der Waals surface area contributed by atoms with E-state index >= 15 is 0 Å². The molecule has 0 saturated carbocycles. The quantitative estimate of drug-likeness (QED) is 0.347. The molecule has 13 heteroatoms. The van der Waals surface area contributed by atoms with Crippen LogP contribution >= 0.6 is 23.2 Å². The van der Waals surface area contributed by atoms with Crippen molar-refractivity contribution in [3.63, 3.8) is 0 Å². The van der Waals surface area contributed by atoms with Crippen molar-refractivity contribution in [2.45, 2.75) is 22.5 Å². The van der Waals surface area contributed by atoms with Crippen LogP contribution in [0.25, 0.3) is 0 Å². The Morgan fingerprint density at radius 3 is 2.08 bits per heavy atom. The highest BCUT2D eigenvalue weighted by Gasteiger charge is 2.39. The number of primary sulfonamides is 1. The van der Waals surface area contributed by atoms with Crippen molar-refractivity contribution < 1.29 is 16.8 Å². The molecular weight excluding hydrogens is 581 g/mol. The van der Waals surface area contributed by atoms with Gasteiger partial charge in [0.15, 0.2) is 0 Å². The van der Waals surface area contributed by atoms with Crippen molar-refractivity contribution in [3.8, 4) is 0 Å². The van der Waals surface area contributed by atoms with Crippen LogP contribution in [0.15, 0.2) is 93.3 Å². The molecule has 1 fully saturated rings. The Hall–Kier alpha value is -2.96. The summed E-state index contributed by atoms with van der Waals surface area (Å²) in [5, 5.41) is 11.9.